The number of benzene rings is 2. The number of fused-ring (bicyclic) bond motifs is 1. The van der Waals surface area contributed by atoms with E-state index in [0.29, 0.717) is 31.0 Å². The highest BCUT2D eigenvalue weighted by Crippen LogP contribution is 2.30. The summed E-state index contributed by atoms with van der Waals surface area (Å²) in [6, 6.07) is 16.1. The molecule has 34 heavy (non-hydrogen) atoms. The number of likely N-dealkylation sites (N-methyl/N-ethyl adjacent to an activating group) is 1. The Labute approximate surface area is 206 Å². The van der Waals surface area contributed by atoms with E-state index in [9.17, 15) is 4.79 Å². The number of allylic oxidation sites excluding steroid dienone is 2. The van der Waals surface area contributed by atoms with Crippen molar-refractivity contribution in [2.75, 3.05) is 27.2 Å². The Bertz CT molecular complexity index is 946. The molecule has 2 aromatic carbocycles. The van der Waals surface area contributed by atoms with Crippen molar-refractivity contribution in [3.63, 3.8) is 0 Å². The van der Waals surface area contributed by atoms with E-state index in [1.165, 1.54) is 42.0 Å². The minimum Gasteiger partial charge on any atom is -0.354 e. The third-order valence-electron chi connectivity index (χ3n) is 7.01. The molecule has 4 heteroatoms. The van der Waals surface area contributed by atoms with Crippen LogP contribution in [0.25, 0.3) is 10.8 Å². The number of carbonyl (C=O) groups is 1. The molecule has 0 aliphatic heterocycles. The van der Waals surface area contributed by atoms with E-state index in [1.54, 1.807) is 0 Å². The lowest BCUT2D eigenvalue weighted by atomic mass is 9.83. The summed E-state index contributed by atoms with van der Waals surface area (Å²) in [6.45, 7) is 7.66. The second kappa shape index (κ2) is 13.5. The van der Waals surface area contributed by atoms with E-state index in [2.05, 4.69) is 83.7 Å². The average Bonchev–Trinajstić information content (AvgIpc) is 2.83. The highest BCUT2D eigenvalue weighted by Gasteiger charge is 2.23. The van der Waals surface area contributed by atoms with Gasteiger partial charge in [-0.15, -0.1) is 6.58 Å². The zero-order chi connectivity index (χ0) is 24.3. The predicted molar refractivity (Wildman–Crippen MR) is 145 cm³/mol. The van der Waals surface area contributed by atoms with E-state index < -0.39 is 0 Å². The van der Waals surface area contributed by atoms with Crippen molar-refractivity contribution >= 4 is 16.7 Å². The Balaban J connectivity index is 1.52. The van der Waals surface area contributed by atoms with Gasteiger partial charge in [-0.05, 0) is 69.0 Å². The monoisotopic (exact) mass is 461 g/mol. The van der Waals surface area contributed by atoms with Crippen molar-refractivity contribution in [1.82, 2.24) is 15.5 Å². The van der Waals surface area contributed by atoms with Crippen LogP contribution >= 0.6 is 0 Å². The zero-order valence-corrected chi connectivity index (χ0v) is 21.3. The summed E-state index contributed by atoms with van der Waals surface area (Å²) >= 11 is 0. The van der Waals surface area contributed by atoms with Gasteiger partial charge in [0.2, 0.25) is 5.91 Å². The van der Waals surface area contributed by atoms with Gasteiger partial charge >= 0.3 is 0 Å². The van der Waals surface area contributed by atoms with Gasteiger partial charge in [0.05, 0.1) is 5.92 Å². The van der Waals surface area contributed by atoms with Crippen molar-refractivity contribution in [1.29, 1.82) is 0 Å². The largest absolute Gasteiger partial charge is 0.354 e. The molecule has 2 aromatic rings. The normalized spacial score (nSPS) is 20.5. The van der Waals surface area contributed by atoms with Crippen LogP contribution < -0.4 is 10.6 Å². The van der Waals surface area contributed by atoms with E-state index in [1.807, 2.05) is 20.2 Å². The molecular weight excluding hydrogens is 418 g/mol. The Kier molecular flexibility index (Phi) is 10.4. The molecule has 0 bridgehead atoms. The van der Waals surface area contributed by atoms with E-state index >= 15 is 0 Å². The fraction of sp³-hybridized carbons (Fsp3) is 0.500. The van der Waals surface area contributed by atoms with Gasteiger partial charge in [-0.1, -0.05) is 73.5 Å². The number of hydrogen-bond acceptors (Lipinski definition) is 3. The number of carbonyl (C=O) groups excluding carboxylic acids is 1. The third-order valence-corrected chi connectivity index (χ3v) is 7.01. The van der Waals surface area contributed by atoms with E-state index in [0.717, 1.165) is 13.0 Å². The lowest BCUT2D eigenvalue weighted by molar-refractivity contribution is -0.123. The van der Waals surface area contributed by atoms with Crippen molar-refractivity contribution in [2.45, 2.75) is 57.5 Å². The first-order valence-electron chi connectivity index (χ1n) is 12.9. The molecule has 184 valence electrons. The molecule has 1 saturated carbocycles. The maximum Gasteiger partial charge on any atom is 0.227 e. The fourth-order valence-electron chi connectivity index (χ4n) is 5.15. The van der Waals surface area contributed by atoms with Crippen LogP contribution in [0.4, 0.5) is 0 Å². The van der Waals surface area contributed by atoms with Gasteiger partial charge in [-0.3, -0.25) is 4.79 Å². The summed E-state index contributed by atoms with van der Waals surface area (Å²) < 4.78 is 0. The van der Waals surface area contributed by atoms with Gasteiger partial charge in [-0.25, -0.2) is 0 Å². The Morgan fingerprint density at radius 2 is 1.97 bits per heavy atom. The molecule has 0 aromatic heterocycles. The maximum atomic E-state index is 12.6. The fourth-order valence-corrected chi connectivity index (χ4v) is 5.15. The van der Waals surface area contributed by atoms with Crippen LogP contribution in [0, 0.1) is 11.8 Å². The molecular formula is C30H43N3O. The minimum atomic E-state index is -0.122. The van der Waals surface area contributed by atoms with Gasteiger partial charge in [-0.2, -0.15) is 0 Å². The molecule has 1 amide bonds. The van der Waals surface area contributed by atoms with Crippen LogP contribution in [0.3, 0.4) is 0 Å². The number of amides is 1. The maximum absolute atomic E-state index is 12.6. The lowest BCUT2D eigenvalue weighted by Crippen LogP contribution is -2.36. The van der Waals surface area contributed by atoms with Crippen molar-refractivity contribution < 1.29 is 4.79 Å². The molecule has 1 fully saturated rings. The Hall–Kier alpha value is -2.43. The minimum absolute atomic E-state index is 0.102. The molecule has 3 rings (SSSR count). The second-order valence-electron chi connectivity index (χ2n) is 10.1. The first kappa shape index (κ1) is 26.2. The van der Waals surface area contributed by atoms with Gasteiger partial charge in [0.1, 0.15) is 0 Å². The smallest absolute Gasteiger partial charge is 0.227 e. The molecule has 0 radical (unpaired) electrons. The molecule has 4 nitrogen and oxygen atoms in total. The van der Waals surface area contributed by atoms with Gasteiger partial charge in [0.15, 0.2) is 0 Å². The predicted octanol–water partition coefficient (Wildman–Crippen LogP) is 5.87. The van der Waals surface area contributed by atoms with Crippen LogP contribution in [0.2, 0.25) is 0 Å². The molecule has 1 aliphatic carbocycles. The van der Waals surface area contributed by atoms with Crippen LogP contribution in [-0.2, 0) is 4.79 Å². The van der Waals surface area contributed by atoms with Crippen LogP contribution in [0.1, 0.15) is 57.1 Å². The standard InChI is InChI=1S/C30H43N3O/c1-5-11-26(30(34)31-20-21-33(3)4)16-8-12-24-13-9-17-27(22-24)32-23(2)28-19-10-15-25-14-6-7-18-29(25)28/h5-8,10,14-16,18-19,23-24,26-27,32H,1,9,11-13,17,20-22H2,2-4H3,(H,31,34)/b16-8-/t23-,24?,26?,27?/m1/s1. The number of hydrogen-bond donors (Lipinski definition) is 2. The highest BCUT2D eigenvalue weighted by atomic mass is 16.1. The second-order valence-corrected chi connectivity index (χ2v) is 10.1. The van der Waals surface area contributed by atoms with Crippen LogP contribution in [0.5, 0.6) is 0 Å². The molecule has 0 saturated heterocycles. The lowest BCUT2D eigenvalue weighted by Gasteiger charge is -2.32. The van der Waals surface area contributed by atoms with Gasteiger partial charge < -0.3 is 15.5 Å². The van der Waals surface area contributed by atoms with Crippen LogP contribution in [-0.4, -0.2) is 44.0 Å². The van der Waals surface area contributed by atoms with Crippen molar-refractivity contribution in [2.24, 2.45) is 11.8 Å². The molecule has 0 spiro atoms. The van der Waals surface area contributed by atoms with Crippen molar-refractivity contribution in [3.05, 3.63) is 72.8 Å². The number of nitrogens with zero attached hydrogens (tertiary/aromatic N) is 1. The van der Waals surface area contributed by atoms with Crippen molar-refractivity contribution in [3.8, 4) is 0 Å². The number of rotatable bonds is 12. The molecule has 3 unspecified atom stereocenters. The summed E-state index contributed by atoms with van der Waals surface area (Å²) in [4.78, 5) is 14.6. The summed E-state index contributed by atoms with van der Waals surface area (Å²) in [5.41, 5.74) is 1.38. The SMILES string of the molecule is C=CCC(/C=C\CC1CCCC(N[C@H](C)c2cccc3ccccc23)C1)C(=O)NCCN(C)C. The van der Waals surface area contributed by atoms with E-state index in [4.69, 9.17) is 0 Å². The van der Waals surface area contributed by atoms with Crippen LogP contribution in [0.15, 0.2) is 67.3 Å². The third kappa shape index (κ3) is 7.82. The molecule has 2 N–H and O–H groups in total. The zero-order valence-electron chi connectivity index (χ0n) is 21.3. The Morgan fingerprint density at radius 1 is 1.18 bits per heavy atom. The first-order valence-corrected chi connectivity index (χ1v) is 12.9. The summed E-state index contributed by atoms with van der Waals surface area (Å²) in [5.74, 6) is 0.650. The topological polar surface area (TPSA) is 44.4 Å². The summed E-state index contributed by atoms with van der Waals surface area (Å²) in [5, 5.41) is 9.63. The first-order chi connectivity index (χ1) is 16.5. The van der Waals surface area contributed by atoms with E-state index in [-0.39, 0.29) is 11.8 Å². The summed E-state index contributed by atoms with van der Waals surface area (Å²) in [6.07, 6.45) is 12.9. The van der Waals surface area contributed by atoms with Gasteiger partial charge in [0, 0.05) is 25.2 Å². The molecule has 0 heterocycles. The highest BCUT2D eigenvalue weighted by molar-refractivity contribution is 5.86. The summed E-state index contributed by atoms with van der Waals surface area (Å²) in [7, 11) is 4.03. The Morgan fingerprint density at radius 3 is 2.76 bits per heavy atom. The average molecular weight is 462 g/mol. The molecule has 1 aliphatic rings. The quantitative estimate of drug-likeness (QED) is 0.389. The van der Waals surface area contributed by atoms with Gasteiger partial charge in [0.25, 0.3) is 0 Å². The number of nitrogens with one attached hydrogen (secondary N) is 2. The molecule has 4 atom stereocenters.